The van der Waals surface area contributed by atoms with Gasteiger partial charge in [0.2, 0.25) is 0 Å². The highest BCUT2D eigenvalue weighted by molar-refractivity contribution is 9.13. The van der Waals surface area contributed by atoms with Crippen molar-refractivity contribution in [3.05, 3.63) is 50.4 Å². The number of phenolic OH excluding ortho intramolecular Hbond substituents is 1. The van der Waals surface area contributed by atoms with Crippen LogP contribution in [0, 0.1) is 6.92 Å². The summed E-state index contributed by atoms with van der Waals surface area (Å²) in [4.78, 5) is 11.9. The smallest absolute Gasteiger partial charge is 0.259 e. The molecule has 0 saturated carbocycles. The Balaban J connectivity index is 1.99. The van der Waals surface area contributed by atoms with Crippen molar-refractivity contribution in [2.45, 2.75) is 6.92 Å². The van der Waals surface area contributed by atoms with Crippen LogP contribution in [0.1, 0.15) is 11.1 Å². The predicted molar refractivity (Wildman–Crippen MR) is 105 cm³/mol. The fraction of sp³-hybridized carbons (Fsp3) is 0.176. The van der Waals surface area contributed by atoms with E-state index in [1.54, 1.807) is 6.07 Å². The van der Waals surface area contributed by atoms with Crippen molar-refractivity contribution in [2.75, 3.05) is 19.0 Å². The molecule has 2 rings (SSSR count). The molecule has 8 heteroatoms. The third-order valence-corrected chi connectivity index (χ3v) is 5.28. The van der Waals surface area contributed by atoms with E-state index in [1.165, 1.54) is 13.3 Å². The van der Waals surface area contributed by atoms with Crippen molar-refractivity contribution in [1.29, 1.82) is 0 Å². The Hall–Kier alpha value is -2.06. The van der Waals surface area contributed by atoms with Gasteiger partial charge in [0.05, 0.1) is 25.4 Å². The molecule has 0 fully saturated rings. The highest BCUT2D eigenvalue weighted by Gasteiger charge is 2.14. The molecule has 0 aliphatic rings. The van der Waals surface area contributed by atoms with Crippen LogP contribution in [0.2, 0.25) is 0 Å². The number of hydrogen-bond acceptors (Lipinski definition) is 5. The normalized spacial score (nSPS) is 10.7. The molecule has 0 spiro atoms. The van der Waals surface area contributed by atoms with Gasteiger partial charge in [-0.2, -0.15) is 5.10 Å². The summed E-state index contributed by atoms with van der Waals surface area (Å²) in [5.41, 5.74) is 4.76. The number of benzene rings is 2. The molecule has 0 aromatic heterocycles. The number of methoxy groups -OCH3 is 1. The van der Waals surface area contributed by atoms with E-state index in [0.29, 0.717) is 20.3 Å². The number of aromatic hydroxyl groups is 1. The number of aryl methyl sites for hydroxylation is 1. The molecule has 3 N–H and O–H groups in total. The first-order chi connectivity index (χ1) is 11.9. The molecule has 0 aliphatic heterocycles. The van der Waals surface area contributed by atoms with E-state index in [0.717, 1.165) is 11.3 Å². The molecule has 0 atom stereocenters. The number of carbonyl (C=O) groups is 1. The lowest BCUT2D eigenvalue weighted by Crippen LogP contribution is -2.25. The summed E-state index contributed by atoms with van der Waals surface area (Å²) in [6, 6.07) is 9.34. The van der Waals surface area contributed by atoms with Crippen molar-refractivity contribution < 1.29 is 14.6 Å². The topological polar surface area (TPSA) is 83.0 Å². The van der Waals surface area contributed by atoms with Gasteiger partial charge in [-0.25, -0.2) is 5.43 Å². The molecule has 2 aromatic carbocycles. The molecule has 0 heterocycles. The van der Waals surface area contributed by atoms with Gasteiger partial charge < -0.3 is 15.2 Å². The molecule has 0 saturated heterocycles. The highest BCUT2D eigenvalue weighted by atomic mass is 79.9. The van der Waals surface area contributed by atoms with E-state index in [2.05, 4.69) is 47.7 Å². The number of anilines is 1. The molecule has 6 nitrogen and oxygen atoms in total. The van der Waals surface area contributed by atoms with Gasteiger partial charge >= 0.3 is 0 Å². The van der Waals surface area contributed by atoms with E-state index in [9.17, 15) is 9.90 Å². The van der Waals surface area contributed by atoms with Gasteiger partial charge in [0.25, 0.3) is 5.91 Å². The van der Waals surface area contributed by atoms with Crippen LogP contribution in [0.25, 0.3) is 0 Å². The van der Waals surface area contributed by atoms with Gasteiger partial charge in [0, 0.05) is 14.6 Å². The lowest BCUT2D eigenvalue weighted by molar-refractivity contribution is -0.119. The van der Waals surface area contributed by atoms with E-state index in [-0.39, 0.29) is 18.2 Å². The lowest BCUT2D eigenvalue weighted by atomic mass is 10.2. The second kappa shape index (κ2) is 8.87. The minimum atomic E-state index is -0.310. The quantitative estimate of drug-likeness (QED) is 0.443. The van der Waals surface area contributed by atoms with Gasteiger partial charge in [-0.05, 0) is 62.5 Å². The molecule has 0 radical (unpaired) electrons. The number of hydrogen-bond donors (Lipinski definition) is 3. The summed E-state index contributed by atoms with van der Waals surface area (Å²) < 4.78 is 6.38. The molecule has 25 heavy (non-hydrogen) atoms. The van der Waals surface area contributed by atoms with Crippen molar-refractivity contribution in [2.24, 2.45) is 5.10 Å². The number of amides is 1. The van der Waals surface area contributed by atoms with Crippen LogP contribution in [-0.4, -0.2) is 30.9 Å². The fourth-order valence-electron chi connectivity index (χ4n) is 2.03. The molecular weight excluding hydrogens is 454 g/mol. The zero-order valence-corrected chi connectivity index (χ0v) is 16.8. The summed E-state index contributed by atoms with van der Waals surface area (Å²) in [6.45, 7) is 2.06. The van der Waals surface area contributed by atoms with Crippen molar-refractivity contribution in [3.8, 4) is 11.5 Å². The summed E-state index contributed by atoms with van der Waals surface area (Å²) in [5, 5.41) is 17.0. The van der Waals surface area contributed by atoms with Gasteiger partial charge in [-0.3, -0.25) is 4.79 Å². The van der Waals surface area contributed by atoms with Crippen molar-refractivity contribution in [1.82, 2.24) is 5.43 Å². The minimum absolute atomic E-state index is 0.0755. The zero-order valence-electron chi connectivity index (χ0n) is 13.6. The van der Waals surface area contributed by atoms with Crippen molar-refractivity contribution >= 4 is 49.7 Å². The van der Waals surface area contributed by atoms with Crippen LogP contribution in [0.4, 0.5) is 5.69 Å². The van der Waals surface area contributed by atoms with Gasteiger partial charge in [0.1, 0.15) is 0 Å². The SMILES string of the molecule is COc1cc(Br)c(Br)c(/C=N\NC(=O)CNc2cccc(C)c2)c1O. The monoisotopic (exact) mass is 469 g/mol. The van der Waals surface area contributed by atoms with Crippen molar-refractivity contribution in [3.63, 3.8) is 0 Å². The number of nitrogens with zero attached hydrogens (tertiary/aromatic N) is 1. The number of phenols is 1. The summed E-state index contributed by atoms with van der Waals surface area (Å²) in [7, 11) is 1.45. The fourth-order valence-corrected chi connectivity index (χ4v) is 2.86. The Kier molecular flexibility index (Phi) is 6.83. The molecule has 0 unspecified atom stereocenters. The molecule has 1 amide bonds. The maximum Gasteiger partial charge on any atom is 0.259 e. The van der Waals surface area contributed by atoms with E-state index in [1.807, 2.05) is 31.2 Å². The number of halogens is 2. The van der Waals surface area contributed by atoms with Crippen LogP contribution < -0.4 is 15.5 Å². The number of ether oxygens (including phenoxy) is 1. The maximum atomic E-state index is 11.9. The number of carbonyl (C=O) groups excluding carboxylic acids is 1. The summed E-state index contributed by atoms with van der Waals surface area (Å²) >= 11 is 6.70. The molecule has 132 valence electrons. The first-order valence-electron chi connectivity index (χ1n) is 7.29. The van der Waals surface area contributed by atoms with Gasteiger partial charge in [-0.15, -0.1) is 0 Å². The van der Waals surface area contributed by atoms with Crippen LogP contribution in [-0.2, 0) is 4.79 Å². The Morgan fingerprint density at radius 2 is 2.12 bits per heavy atom. The average Bonchev–Trinajstić information content (AvgIpc) is 2.59. The second-order valence-corrected chi connectivity index (χ2v) is 6.80. The van der Waals surface area contributed by atoms with Crippen LogP contribution in [0.3, 0.4) is 0 Å². The minimum Gasteiger partial charge on any atom is -0.504 e. The van der Waals surface area contributed by atoms with Gasteiger partial charge in [0.15, 0.2) is 11.5 Å². The van der Waals surface area contributed by atoms with Crippen LogP contribution in [0.5, 0.6) is 11.5 Å². The van der Waals surface area contributed by atoms with Gasteiger partial charge in [-0.1, -0.05) is 12.1 Å². The average molecular weight is 471 g/mol. The molecule has 0 bridgehead atoms. The predicted octanol–water partition coefficient (Wildman–Crippen LogP) is 3.80. The van der Waals surface area contributed by atoms with E-state index < -0.39 is 0 Å². The third kappa shape index (κ3) is 5.20. The third-order valence-electron chi connectivity index (χ3n) is 3.27. The standard InChI is InChI=1S/C17H17Br2N3O3/c1-10-4-3-5-11(6-10)20-9-15(23)22-21-8-12-16(19)13(18)7-14(25-2)17(12)24/h3-8,20,24H,9H2,1-2H3,(H,22,23)/b21-8-. The second-order valence-electron chi connectivity index (χ2n) is 5.15. The summed E-state index contributed by atoms with van der Waals surface area (Å²) in [6.07, 6.45) is 1.34. The first-order valence-corrected chi connectivity index (χ1v) is 8.88. The van der Waals surface area contributed by atoms with E-state index in [4.69, 9.17) is 4.74 Å². The zero-order chi connectivity index (χ0) is 18.4. The Labute approximate surface area is 162 Å². The number of hydrazone groups is 1. The maximum absolute atomic E-state index is 11.9. The summed E-state index contributed by atoms with van der Waals surface area (Å²) in [5.74, 6) is -0.0900. The number of nitrogens with one attached hydrogen (secondary N) is 2. The first kappa shape index (κ1) is 19.3. The largest absolute Gasteiger partial charge is 0.504 e. The Bertz CT molecular complexity index is 810. The Morgan fingerprint density at radius 3 is 2.80 bits per heavy atom. The molecule has 2 aromatic rings. The molecule has 0 aliphatic carbocycles. The lowest BCUT2D eigenvalue weighted by Gasteiger charge is -2.10. The molecular formula is C17H17Br2N3O3. The Morgan fingerprint density at radius 1 is 1.36 bits per heavy atom. The van der Waals surface area contributed by atoms with Crippen LogP contribution >= 0.6 is 31.9 Å². The highest BCUT2D eigenvalue weighted by Crippen LogP contribution is 2.39. The van der Waals surface area contributed by atoms with Crippen LogP contribution in [0.15, 0.2) is 44.4 Å². The van der Waals surface area contributed by atoms with E-state index >= 15 is 0 Å². The number of rotatable bonds is 6.